The highest BCUT2D eigenvalue weighted by Crippen LogP contribution is 2.50. The molecule has 2 aromatic rings. The fourth-order valence-electron chi connectivity index (χ4n) is 6.26. The molecule has 0 bridgehead atoms. The quantitative estimate of drug-likeness (QED) is 0.403. The number of nitrogens with two attached hydrogens (primary N) is 1. The van der Waals surface area contributed by atoms with Crippen molar-refractivity contribution in [3.8, 4) is 5.88 Å². The van der Waals surface area contributed by atoms with E-state index in [4.69, 9.17) is 28.2 Å². The highest BCUT2D eigenvalue weighted by Gasteiger charge is 2.64. The summed E-state index contributed by atoms with van der Waals surface area (Å²) in [6.45, 7) is 23.4. The van der Waals surface area contributed by atoms with E-state index >= 15 is 0 Å². The predicted molar refractivity (Wildman–Crippen MR) is 161 cm³/mol. The van der Waals surface area contributed by atoms with Gasteiger partial charge >= 0.3 is 17.1 Å². The van der Waals surface area contributed by atoms with Crippen LogP contribution in [0, 0.1) is 0 Å². The molecule has 4 heterocycles. The van der Waals surface area contributed by atoms with E-state index in [1.165, 1.54) is 6.92 Å². The van der Waals surface area contributed by atoms with Gasteiger partial charge in [0.25, 0.3) is 0 Å². The fourth-order valence-corrected chi connectivity index (χ4v) is 17.6. The Morgan fingerprint density at radius 2 is 1.73 bits per heavy atom. The summed E-state index contributed by atoms with van der Waals surface area (Å²) in [4.78, 5) is 25.3. The number of aromatic nitrogens is 4. The number of ether oxygens (including phenoxy) is 2. The summed E-state index contributed by atoms with van der Waals surface area (Å²) in [5.41, 5.74) is 7.80. The van der Waals surface area contributed by atoms with Crippen LogP contribution in [0.5, 0.6) is 5.88 Å². The summed E-state index contributed by atoms with van der Waals surface area (Å²) in [5.74, 6) is 0.0855. The molecule has 0 aliphatic carbocycles. The Kier molecular flexibility index (Phi) is 9.06. The van der Waals surface area contributed by atoms with Gasteiger partial charge in [-0.25, -0.2) is 4.98 Å². The van der Waals surface area contributed by atoms with Crippen molar-refractivity contribution in [2.24, 2.45) is 5.73 Å². The molecule has 0 radical (unpaired) electrons. The molecule has 2 aromatic heterocycles. The monoisotopic (exact) mass is 608 g/mol. The molecule has 12 nitrogen and oxygen atoms in total. The number of amides is 1. The van der Waals surface area contributed by atoms with Crippen molar-refractivity contribution < 1.29 is 27.2 Å². The molecule has 4 atom stereocenters. The second-order valence-electron chi connectivity index (χ2n) is 12.7. The van der Waals surface area contributed by atoms with Gasteiger partial charge in [-0.15, -0.1) is 0 Å². The van der Waals surface area contributed by atoms with Gasteiger partial charge in [0.2, 0.25) is 17.7 Å². The van der Waals surface area contributed by atoms with Gasteiger partial charge in [-0.2, -0.15) is 9.97 Å². The van der Waals surface area contributed by atoms with Crippen LogP contribution in [-0.4, -0.2) is 73.5 Å². The first-order valence-electron chi connectivity index (χ1n) is 14.7. The van der Waals surface area contributed by atoms with E-state index in [0.717, 1.165) is 0 Å². The van der Waals surface area contributed by atoms with Gasteiger partial charge in [-0.1, -0.05) is 55.4 Å². The van der Waals surface area contributed by atoms with Crippen LogP contribution in [0.25, 0.3) is 11.2 Å². The minimum atomic E-state index is -2.91. The standard InChI is InChI=1S/C27H48N6O6Si2/c1-12-35-24-21-23(31-26(32-24)30-19(10)34)33(14-29-21)25-27(11,28)22-20(37-25)13-36-40(15(2)3,16(4)5)39-41(38-22,17(6)7)18(8)9/h14-18,20,22,25H,12-13,28H2,1-11H3,(H,30,31,32,34)/t20-,22?,25-,27-/m1/s1. The lowest BCUT2D eigenvalue weighted by Gasteiger charge is -2.52. The van der Waals surface area contributed by atoms with Gasteiger partial charge < -0.3 is 28.2 Å². The van der Waals surface area contributed by atoms with Crippen molar-refractivity contribution in [3.05, 3.63) is 6.33 Å². The van der Waals surface area contributed by atoms with Crippen LogP contribution in [0.15, 0.2) is 6.33 Å². The smallest absolute Gasteiger partial charge is 0.335 e. The first kappa shape index (κ1) is 32.0. The van der Waals surface area contributed by atoms with Crippen molar-refractivity contribution in [1.29, 1.82) is 0 Å². The average Bonchev–Trinajstić information content (AvgIpc) is 3.36. The minimum Gasteiger partial charge on any atom is -0.476 e. The van der Waals surface area contributed by atoms with E-state index in [1.54, 1.807) is 10.9 Å². The summed E-state index contributed by atoms with van der Waals surface area (Å²) in [7, 11) is -5.65. The zero-order valence-electron chi connectivity index (χ0n) is 26.3. The highest BCUT2D eigenvalue weighted by atomic mass is 28.5. The van der Waals surface area contributed by atoms with E-state index in [9.17, 15) is 4.79 Å². The minimum absolute atomic E-state index is 0.113. The summed E-state index contributed by atoms with van der Waals surface area (Å²) in [6, 6.07) is 0. The van der Waals surface area contributed by atoms with E-state index in [2.05, 4.69) is 75.7 Å². The summed E-state index contributed by atoms with van der Waals surface area (Å²) in [6.07, 6.45) is -0.00882. The van der Waals surface area contributed by atoms with Crippen molar-refractivity contribution in [1.82, 2.24) is 19.5 Å². The van der Waals surface area contributed by atoms with Crippen LogP contribution in [0.2, 0.25) is 22.2 Å². The number of hydrogen-bond donors (Lipinski definition) is 2. The van der Waals surface area contributed by atoms with Crippen molar-refractivity contribution >= 4 is 40.1 Å². The molecule has 230 valence electrons. The first-order chi connectivity index (χ1) is 19.1. The maximum absolute atomic E-state index is 11.8. The second-order valence-corrected chi connectivity index (χ2v) is 21.5. The van der Waals surface area contributed by atoms with Crippen molar-refractivity contribution in [2.45, 2.75) is 122 Å². The number of rotatable bonds is 8. The predicted octanol–water partition coefficient (Wildman–Crippen LogP) is 4.75. The van der Waals surface area contributed by atoms with E-state index < -0.39 is 41.1 Å². The normalized spacial score (nSPS) is 27.9. The van der Waals surface area contributed by atoms with E-state index in [1.807, 2.05) is 13.8 Å². The molecule has 14 heteroatoms. The molecule has 2 aliphatic heterocycles. The molecule has 1 unspecified atom stereocenters. The van der Waals surface area contributed by atoms with Crippen molar-refractivity contribution in [2.75, 3.05) is 18.5 Å². The number of fused-ring (bicyclic) bond motifs is 2. The second kappa shape index (κ2) is 11.6. The van der Waals surface area contributed by atoms with Gasteiger partial charge in [-0.3, -0.25) is 14.7 Å². The number of anilines is 1. The lowest BCUT2D eigenvalue weighted by atomic mass is 9.93. The molecule has 2 aliphatic rings. The molecular formula is C27H48N6O6Si2. The Morgan fingerprint density at radius 3 is 2.27 bits per heavy atom. The van der Waals surface area contributed by atoms with Gasteiger partial charge in [0.05, 0.1) is 31.2 Å². The van der Waals surface area contributed by atoms with Gasteiger partial charge in [0, 0.05) is 6.92 Å². The summed E-state index contributed by atoms with van der Waals surface area (Å²) < 4.78 is 35.7. The Morgan fingerprint density at radius 1 is 1.12 bits per heavy atom. The summed E-state index contributed by atoms with van der Waals surface area (Å²) >= 11 is 0. The molecule has 3 N–H and O–H groups in total. The fraction of sp³-hybridized carbons (Fsp3) is 0.778. The topological polar surface area (TPSA) is 145 Å². The van der Waals surface area contributed by atoms with Crippen LogP contribution < -0.4 is 15.8 Å². The first-order valence-corrected chi connectivity index (χ1v) is 18.7. The summed E-state index contributed by atoms with van der Waals surface area (Å²) in [5, 5.41) is 2.65. The maximum Gasteiger partial charge on any atom is 0.335 e. The Bertz CT molecular complexity index is 1240. The van der Waals surface area contributed by atoms with Gasteiger partial charge in [0.1, 0.15) is 6.10 Å². The average molecular weight is 609 g/mol. The van der Waals surface area contributed by atoms with E-state index in [0.29, 0.717) is 24.4 Å². The van der Waals surface area contributed by atoms with Crippen LogP contribution in [-0.2, 0) is 22.5 Å². The third-order valence-electron chi connectivity index (χ3n) is 8.32. The molecule has 0 aromatic carbocycles. The number of carbonyl (C=O) groups excluding carboxylic acids is 1. The molecule has 1 amide bonds. The van der Waals surface area contributed by atoms with Gasteiger partial charge in [0.15, 0.2) is 17.4 Å². The number of carbonyl (C=O) groups is 1. The van der Waals surface area contributed by atoms with Crippen LogP contribution in [0.3, 0.4) is 0 Å². The Labute approximate surface area is 245 Å². The third-order valence-corrected chi connectivity index (χ3v) is 18.6. The maximum atomic E-state index is 11.8. The molecular weight excluding hydrogens is 561 g/mol. The molecule has 2 fully saturated rings. The molecule has 0 saturated carbocycles. The van der Waals surface area contributed by atoms with Gasteiger partial charge in [-0.05, 0) is 36.0 Å². The molecule has 41 heavy (non-hydrogen) atoms. The number of hydrogen-bond acceptors (Lipinski definition) is 10. The third kappa shape index (κ3) is 5.47. The molecule has 4 rings (SSSR count). The van der Waals surface area contributed by atoms with Crippen LogP contribution in [0.4, 0.5) is 5.95 Å². The lowest BCUT2D eigenvalue weighted by molar-refractivity contribution is -0.114. The largest absolute Gasteiger partial charge is 0.476 e. The Hall–Kier alpha value is -1.95. The molecule has 0 spiro atoms. The highest BCUT2D eigenvalue weighted by molar-refractivity contribution is 6.84. The number of nitrogens with zero attached hydrogens (tertiary/aromatic N) is 4. The zero-order chi connectivity index (χ0) is 30.5. The lowest BCUT2D eigenvalue weighted by Crippen LogP contribution is -2.68. The number of imidazole rings is 1. The molecule has 2 saturated heterocycles. The van der Waals surface area contributed by atoms with E-state index in [-0.39, 0.29) is 39.9 Å². The zero-order valence-corrected chi connectivity index (χ0v) is 28.3. The van der Waals surface area contributed by atoms with Crippen LogP contribution >= 0.6 is 0 Å². The van der Waals surface area contributed by atoms with Crippen LogP contribution in [0.1, 0.15) is 82.4 Å². The van der Waals surface area contributed by atoms with Crippen molar-refractivity contribution in [3.63, 3.8) is 0 Å². The Balaban J connectivity index is 1.84. The SMILES string of the molecule is CCOc1nc(NC(C)=O)nc2c1ncn2[C@@H]1O[C@@H]2CO[Si](C(C)C)(C(C)C)O[Si](C(C)C)(C(C)C)OC2[C@@]1(C)N. The number of nitrogens with one attached hydrogen (secondary N) is 1.